The first-order valence-electron chi connectivity index (χ1n) is 5.75. The Labute approximate surface area is 81.4 Å². The van der Waals surface area contributed by atoms with E-state index in [1.165, 1.54) is 51.4 Å². The molecule has 0 aromatic rings. The minimum Gasteiger partial charge on any atom is -0.325 e. The van der Waals surface area contributed by atoms with E-state index < -0.39 is 0 Å². The summed E-state index contributed by atoms with van der Waals surface area (Å²) >= 11 is 0. The summed E-state index contributed by atoms with van der Waals surface area (Å²) < 4.78 is 0. The summed E-state index contributed by atoms with van der Waals surface area (Å²) in [5.41, 5.74) is 6.70. The first kappa shape index (κ1) is 9.26. The predicted molar refractivity (Wildman–Crippen MR) is 56.5 cm³/mol. The first-order valence-corrected chi connectivity index (χ1v) is 5.75. The van der Waals surface area contributed by atoms with Gasteiger partial charge in [0.2, 0.25) is 0 Å². The molecule has 2 aliphatic carbocycles. The third-order valence-electron chi connectivity index (χ3n) is 3.87. The first-order chi connectivity index (χ1) is 6.31. The molecule has 1 saturated carbocycles. The molecule has 1 atom stereocenters. The molecule has 0 aromatic heterocycles. The van der Waals surface area contributed by atoms with Crippen LogP contribution in [-0.2, 0) is 0 Å². The lowest BCUT2D eigenvalue weighted by molar-refractivity contribution is 0.184. The van der Waals surface area contributed by atoms with Gasteiger partial charge in [-0.25, -0.2) is 0 Å². The van der Waals surface area contributed by atoms with E-state index >= 15 is 0 Å². The lowest BCUT2D eigenvalue weighted by Gasteiger charge is -2.41. The Bertz CT molecular complexity index is 189. The van der Waals surface area contributed by atoms with Crippen molar-refractivity contribution in [3.05, 3.63) is 12.2 Å². The minimum atomic E-state index is 0.197. The SMILES string of the molecule is NC1(C2CC=CCC2)CCCCC1. The summed E-state index contributed by atoms with van der Waals surface area (Å²) in [5, 5.41) is 0. The number of allylic oxidation sites excluding steroid dienone is 2. The number of hydrogen-bond acceptors (Lipinski definition) is 1. The van der Waals surface area contributed by atoms with Crippen molar-refractivity contribution < 1.29 is 0 Å². The van der Waals surface area contributed by atoms with E-state index in [1.807, 2.05) is 0 Å². The molecular formula is C12H21N. The summed E-state index contributed by atoms with van der Waals surface area (Å²) in [4.78, 5) is 0. The Kier molecular flexibility index (Phi) is 2.73. The molecule has 0 heterocycles. The minimum absolute atomic E-state index is 0.197. The van der Waals surface area contributed by atoms with Crippen molar-refractivity contribution in [2.24, 2.45) is 11.7 Å². The third-order valence-corrected chi connectivity index (χ3v) is 3.87. The van der Waals surface area contributed by atoms with Crippen LogP contribution in [0.5, 0.6) is 0 Å². The van der Waals surface area contributed by atoms with Gasteiger partial charge in [0.05, 0.1) is 0 Å². The van der Waals surface area contributed by atoms with Gasteiger partial charge in [0.1, 0.15) is 0 Å². The van der Waals surface area contributed by atoms with Crippen molar-refractivity contribution >= 4 is 0 Å². The molecule has 2 rings (SSSR count). The molecule has 1 nitrogen and oxygen atoms in total. The van der Waals surface area contributed by atoms with Crippen LogP contribution in [0.4, 0.5) is 0 Å². The van der Waals surface area contributed by atoms with Gasteiger partial charge in [-0.3, -0.25) is 0 Å². The molecule has 0 aliphatic heterocycles. The van der Waals surface area contributed by atoms with Crippen LogP contribution < -0.4 is 5.73 Å². The molecule has 0 aromatic carbocycles. The third kappa shape index (κ3) is 1.96. The molecule has 13 heavy (non-hydrogen) atoms. The Morgan fingerprint density at radius 3 is 2.46 bits per heavy atom. The molecule has 0 bridgehead atoms. The molecule has 0 saturated heterocycles. The van der Waals surface area contributed by atoms with Gasteiger partial charge in [0.25, 0.3) is 0 Å². The Hall–Kier alpha value is -0.300. The van der Waals surface area contributed by atoms with Crippen LogP contribution in [0.15, 0.2) is 12.2 Å². The van der Waals surface area contributed by atoms with E-state index in [0.717, 1.165) is 5.92 Å². The van der Waals surface area contributed by atoms with Crippen LogP contribution in [0.1, 0.15) is 51.4 Å². The smallest absolute Gasteiger partial charge is 0.0185 e. The quantitative estimate of drug-likeness (QED) is 0.615. The lowest BCUT2D eigenvalue weighted by atomic mass is 9.69. The lowest BCUT2D eigenvalue weighted by Crippen LogP contribution is -2.48. The van der Waals surface area contributed by atoms with Crippen molar-refractivity contribution in [2.45, 2.75) is 56.9 Å². The van der Waals surface area contributed by atoms with Gasteiger partial charge < -0.3 is 5.73 Å². The van der Waals surface area contributed by atoms with Gasteiger partial charge in [0, 0.05) is 5.54 Å². The topological polar surface area (TPSA) is 26.0 Å². The fraction of sp³-hybridized carbons (Fsp3) is 0.833. The maximum atomic E-state index is 6.50. The summed E-state index contributed by atoms with van der Waals surface area (Å²) in [6.07, 6.45) is 15.1. The monoisotopic (exact) mass is 179 g/mol. The zero-order chi connectivity index (χ0) is 9.15. The zero-order valence-corrected chi connectivity index (χ0v) is 8.47. The molecule has 0 spiro atoms. The van der Waals surface area contributed by atoms with Crippen molar-refractivity contribution in [2.75, 3.05) is 0 Å². The highest BCUT2D eigenvalue weighted by Gasteiger charge is 2.35. The van der Waals surface area contributed by atoms with E-state index in [2.05, 4.69) is 12.2 Å². The normalized spacial score (nSPS) is 33.2. The van der Waals surface area contributed by atoms with E-state index in [0.29, 0.717) is 0 Å². The van der Waals surface area contributed by atoms with Crippen LogP contribution in [0.25, 0.3) is 0 Å². The maximum absolute atomic E-state index is 6.50. The van der Waals surface area contributed by atoms with E-state index in [-0.39, 0.29) is 5.54 Å². The van der Waals surface area contributed by atoms with Crippen LogP contribution in [0.3, 0.4) is 0 Å². The molecule has 1 fully saturated rings. The van der Waals surface area contributed by atoms with Gasteiger partial charge >= 0.3 is 0 Å². The average Bonchev–Trinajstić information content (AvgIpc) is 2.20. The second-order valence-corrected chi connectivity index (χ2v) is 4.78. The van der Waals surface area contributed by atoms with Gasteiger partial charge in [-0.15, -0.1) is 0 Å². The van der Waals surface area contributed by atoms with Gasteiger partial charge in [-0.05, 0) is 38.0 Å². The predicted octanol–water partition coefficient (Wildman–Crippen LogP) is 3.00. The van der Waals surface area contributed by atoms with Crippen molar-refractivity contribution in [1.82, 2.24) is 0 Å². The molecule has 2 N–H and O–H groups in total. The molecular weight excluding hydrogens is 158 g/mol. The fourth-order valence-electron chi connectivity index (χ4n) is 2.93. The zero-order valence-electron chi connectivity index (χ0n) is 8.47. The van der Waals surface area contributed by atoms with Crippen LogP contribution >= 0.6 is 0 Å². The summed E-state index contributed by atoms with van der Waals surface area (Å²) in [6, 6.07) is 0. The second-order valence-electron chi connectivity index (χ2n) is 4.78. The highest BCUT2D eigenvalue weighted by molar-refractivity contribution is 5.01. The summed E-state index contributed by atoms with van der Waals surface area (Å²) in [7, 11) is 0. The van der Waals surface area contributed by atoms with Crippen LogP contribution in [-0.4, -0.2) is 5.54 Å². The molecule has 0 amide bonds. The number of rotatable bonds is 1. The maximum Gasteiger partial charge on any atom is 0.0185 e. The van der Waals surface area contributed by atoms with Crippen LogP contribution in [0, 0.1) is 5.92 Å². The second kappa shape index (κ2) is 3.83. The summed E-state index contributed by atoms with van der Waals surface area (Å²) in [6.45, 7) is 0. The number of hydrogen-bond donors (Lipinski definition) is 1. The molecule has 1 unspecified atom stereocenters. The molecule has 0 radical (unpaired) electrons. The molecule has 74 valence electrons. The van der Waals surface area contributed by atoms with Gasteiger partial charge in [-0.1, -0.05) is 31.4 Å². The molecule has 1 heteroatoms. The van der Waals surface area contributed by atoms with E-state index in [1.54, 1.807) is 0 Å². The van der Waals surface area contributed by atoms with Crippen molar-refractivity contribution in [3.63, 3.8) is 0 Å². The number of nitrogens with two attached hydrogens (primary N) is 1. The highest BCUT2D eigenvalue weighted by Crippen LogP contribution is 2.37. The Morgan fingerprint density at radius 2 is 1.85 bits per heavy atom. The highest BCUT2D eigenvalue weighted by atomic mass is 14.8. The van der Waals surface area contributed by atoms with Crippen molar-refractivity contribution in [1.29, 1.82) is 0 Å². The van der Waals surface area contributed by atoms with Crippen molar-refractivity contribution in [3.8, 4) is 0 Å². The standard InChI is InChI=1S/C12H21N/c13-12(9-5-2-6-10-12)11-7-3-1-4-8-11/h1,3,11H,2,4-10,13H2. The van der Waals surface area contributed by atoms with E-state index in [4.69, 9.17) is 5.73 Å². The molecule has 2 aliphatic rings. The largest absolute Gasteiger partial charge is 0.325 e. The Morgan fingerprint density at radius 1 is 1.08 bits per heavy atom. The average molecular weight is 179 g/mol. The van der Waals surface area contributed by atoms with Crippen LogP contribution in [0.2, 0.25) is 0 Å². The summed E-state index contributed by atoms with van der Waals surface area (Å²) in [5.74, 6) is 0.776. The fourth-order valence-corrected chi connectivity index (χ4v) is 2.93. The Balaban J connectivity index is 1.99. The van der Waals surface area contributed by atoms with E-state index in [9.17, 15) is 0 Å². The van der Waals surface area contributed by atoms with Gasteiger partial charge in [-0.2, -0.15) is 0 Å². The van der Waals surface area contributed by atoms with Gasteiger partial charge in [0.15, 0.2) is 0 Å².